The molecule has 0 saturated heterocycles. The van der Waals surface area contributed by atoms with E-state index in [0.717, 1.165) is 12.8 Å². The van der Waals surface area contributed by atoms with E-state index in [-0.39, 0.29) is 11.1 Å². The van der Waals surface area contributed by atoms with E-state index < -0.39 is 8.32 Å². The molecule has 0 unspecified atom stereocenters. The minimum atomic E-state index is -2.44. The molecule has 140 valence electrons. The Balaban J connectivity index is 2.55. The lowest BCUT2D eigenvalue weighted by Gasteiger charge is -2.45. The van der Waals surface area contributed by atoms with E-state index in [0.29, 0.717) is 5.92 Å². The third kappa shape index (κ3) is 4.36. The Morgan fingerprint density at radius 2 is 1.38 bits per heavy atom. The maximum absolute atomic E-state index is 7.14. The molecule has 2 aromatic carbocycles. The Morgan fingerprint density at radius 1 is 0.923 bits per heavy atom. The Kier molecular flexibility index (Phi) is 7.02. The molecule has 0 heterocycles. The first-order valence-electron chi connectivity index (χ1n) is 9.72. The highest BCUT2D eigenvalue weighted by molar-refractivity contribution is 6.99. The molecule has 0 spiro atoms. The highest BCUT2D eigenvalue weighted by atomic mass is 28.4. The second-order valence-electron chi connectivity index (χ2n) is 8.33. The van der Waals surface area contributed by atoms with Crippen molar-refractivity contribution in [3.8, 4) is 0 Å². The van der Waals surface area contributed by atoms with E-state index in [1.807, 2.05) is 6.08 Å². The zero-order chi connectivity index (χ0) is 19.2. The van der Waals surface area contributed by atoms with E-state index in [1.54, 1.807) is 0 Å². The van der Waals surface area contributed by atoms with Gasteiger partial charge >= 0.3 is 0 Å². The molecule has 0 amide bonds. The Morgan fingerprint density at radius 3 is 1.77 bits per heavy atom. The van der Waals surface area contributed by atoms with E-state index in [4.69, 9.17) is 4.43 Å². The number of benzene rings is 2. The van der Waals surface area contributed by atoms with Crippen LogP contribution in [0.1, 0.15) is 47.5 Å². The average molecular weight is 367 g/mol. The van der Waals surface area contributed by atoms with Crippen molar-refractivity contribution >= 4 is 18.7 Å². The first-order chi connectivity index (χ1) is 12.3. The smallest absolute Gasteiger partial charge is 0.261 e. The predicted octanol–water partition coefficient (Wildman–Crippen LogP) is 5.55. The van der Waals surface area contributed by atoms with E-state index in [2.05, 4.69) is 102 Å². The zero-order valence-corrected chi connectivity index (χ0v) is 18.0. The number of rotatable bonds is 8. The summed E-state index contributed by atoms with van der Waals surface area (Å²) < 4.78 is 7.14. The van der Waals surface area contributed by atoms with Gasteiger partial charge in [0.05, 0.1) is 0 Å². The molecule has 0 aliphatic heterocycles. The van der Waals surface area contributed by atoms with Gasteiger partial charge in [0.2, 0.25) is 0 Å². The lowest BCUT2D eigenvalue weighted by atomic mass is 10.0. The first kappa shape index (κ1) is 20.7. The molecule has 1 nitrogen and oxygen atoms in total. The summed E-state index contributed by atoms with van der Waals surface area (Å²) in [7, 11) is -2.44. The van der Waals surface area contributed by atoms with Crippen LogP contribution in [-0.4, -0.2) is 14.4 Å². The summed E-state index contributed by atoms with van der Waals surface area (Å²) in [5.41, 5.74) is 0. The minimum absolute atomic E-state index is 0.0299. The molecule has 2 heteroatoms. The van der Waals surface area contributed by atoms with Crippen LogP contribution in [0.5, 0.6) is 0 Å². The highest BCUT2D eigenvalue weighted by Crippen LogP contribution is 2.38. The van der Waals surface area contributed by atoms with Gasteiger partial charge in [-0.15, -0.1) is 6.58 Å². The van der Waals surface area contributed by atoms with Gasteiger partial charge < -0.3 is 4.43 Å². The van der Waals surface area contributed by atoms with Gasteiger partial charge in [0.1, 0.15) is 0 Å². The predicted molar refractivity (Wildman–Crippen MR) is 117 cm³/mol. The lowest BCUT2D eigenvalue weighted by molar-refractivity contribution is 0.144. The summed E-state index contributed by atoms with van der Waals surface area (Å²) >= 11 is 0. The average Bonchev–Trinajstić information content (AvgIpc) is 2.64. The Hall–Kier alpha value is -1.64. The third-order valence-electron chi connectivity index (χ3n) is 5.41. The maximum atomic E-state index is 7.14. The molecule has 2 rings (SSSR count). The molecule has 26 heavy (non-hydrogen) atoms. The van der Waals surface area contributed by atoms with Crippen LogP contribution in [0.15, 0.2) is 73.3 Å². The van der Waals surface area contributed by atoms with Crippen LogP contribution in [0, 0.1) is 5.92 Å². The third-order valence-corrected chi connectivity index (χ3v) is 10.5. The summed E-state index contributed by atoms with van der Waals surface area (Å²) in [6.45, 7) is 15.4. The molecular weight excluding hydrogens is 332 g/mol. The maximum Gasteiger partial charge on any atom is 0.261 e. The molecular formula is C24H34OSi. The Bertz CT molecular complexity index is 633. The molecule has 0 aliphatic carbocycles. The summed E-state index contributed by atoms with van der Waals surface area (Å²) in [5, 5.41) is 2.73. The monoisotopic (exact) mass is 366 g/mol. The largest absolute Gasteiger partial charge is 0.404 e. The van der Waals surface area contributed by atoms with Crippen LogP contribution >= 0.6 is 0 Å². The number of hydrogen-bond donors (Lipinski definition) is 0. The van der Waals surface area contributed by atoms with Gasteiger partial charge in [-0.1, -0.05) is 94.4 Å². The zero-order valence-electron chi connectivity index (χ0n) is 17.0. The van der Waals surface area contributed by atoms with Gasteiger partial charge in [-0.2, -0.15) is 0 Å². The van der Waals surface area contributed by atoms with Crippen molar-refractivity contribution in [1.82, 2.24) is 0 Å². The summed E-state index contributed by atoms with van der Waals surface area (Å²) in [4.78, 5) is 0. The fraction of sp³-hybridized carbons (Fsp3) is 0.417. The van der Waals surface area contributed by atoms with Gasteiger partial charge in [-0.3, -0.25) is 0 Å². The normalized spacial score (nSPS) is 14.7. The quantitative estimate of drug-likeness (QED) is 0.439. The van der Waals surface area contributed by atoms with Crippen molar-refractivity contribution in [2.24, 2.45) is 5.92 Å². The standard InChI is InChI=1S/C24H34OSi/c1-7-8-15-20(2)21(3)25-26(24(4,5)6,22-16-11-9-12-17-22)23-18-13-10-14-19-23/h7,9-14,16-21H,1,8,15H2,2-6H3/t20-,21+/m0/s1. The SMILES string of the molecule is C=CCC[C@H](C)[C@@H](C)O[Si](c1ccccc1)(c1ccccc1)C(C)(C)C. The molecule has 0 aromatic heterocycles. The van der Waals surface area contributed by atoms with Gasteiger partial charge in [-0.05, 0) is 41.1 Å². The van der Waals surface area contributed by atoms with Crippen LogP contribution in [0.4, 0.5) is 0 Å². The van der Waals surface area contributed by atoms with E-state index in [9.17, 15) is 0 Å². The van der Waals surface area contributed by atoms with Crippen LogP contribution in [-0.2, 0) is 4.43 Å². The van der Waals surface area contributed by atoms with Gasteiger partial charge in [0.15, 0.2) is 0 Å². The van der Waals surface area contributed by atoms with Crippen LogP contribution in [0.25, 0.3) is 0 Å². The molecule has 0 N–H and O–H groups in total. The molecule has 0 radical (unpaired) electrons. The van der Waals surface area contributed by atoms with Crippen molar-refractivity contribution in [3.63, 3.8) is 0 Å². The van der Waals surface area contributed by atoms with Crippen LogP contribution in [0.3, 0.4) is 0 Å². The highest BCUT2D eigenvalue weighted by Gasteiger charge is 2.51. The topological polar surface area (TPSA) is 9.23 Å². The Labute approximate surface area is 161 Å². The molecule has 0 fully saturated rings. The van der Waals surface area contributed by atoms with Crippen LogP contribution in [0.2, 0.25) is 5.04 Å². The summed E-state index contributed by atoms with van der Waals surface area (Å²) in [6.07, 6.45) is 4.35. The second kappa shape index (κ2) is 8.83. The first-order valence-corrected chi connectivity index (χ1v) is 11.6. The molecule has 0 saturated carbocycles. The van der Waals surface area contributed by atoms with E-state index in [1.165, 1.54) is 10.4 Å². The fourth-order valence-electron chi connectivity index (χ4n) is 3.70. The van der Waals surface area contributed by atoms with Gasteiger partial charge in [-0.25, -0.2) is 0 Å². The lowest BCUT2D eigenvalue weighted by Crippen LogP contribution is -2.67. The molecule has 2 aromatic rings. The van der Waals surface area contributed by atoms with Gasteiger partial charge in [0, 0.05) is 6.10 Å². The van der Waals surface area contributed by atoms with Crippen molar-refractivity contribution in [2.75, 3.05) is 0 Å². The van der Waals surface area contributed by atoms with Crippen molar-refractivity contribution in [1.29, 1.82) is 0 Å². The van der Waals surface area contributed by atoms with Crippen molar-refractivity contribution < 1.29 is 4.43 Å². The van der Waals surface area contributed by atoms with Crippen molar-refractivity contribution in [2.45, 2.75) is 58.6 Å². The summed E-state index contributed by atoms with van der Waals surface area (Å²) in [5.74, 6) is 0.495. The second-order valence-corrected chi connectivity index (χ2v) is 12.6. The number of hydrogen-bond acceptors (Lipinski definition) is 1. The minimum Gasteiger partial charge on any atom is -0.404 e. The number of allylic oxidation sites excluding steroid dienone is 1. The van der Waals surface area contributed by atoms with Crippen molar-refractivity contribution in [3.05, 3.63) is 73.3 Å². The van der Waals surface area contributed by atoms with Crippen LogP contribution < -0.4 is 10.4 Å². The molecule has 0 bridgehead atoms. The van der Waals surface area contributed by atoms with Gasteiger partial charge in [0.25, 0.3) is 8.32 Å². The molecule has 0 aliphatic rings. The summed E-state index contributed by atoms with van der Waals surface area (Å²) in [6, 6.07) is 21.8. The van der Waals surface area contributed by atoms with E-state index >= 15 is 0 Å². The fourth-order valence-corrected chi connectivity index (χ4v) is 8.51. The molecule has 2 atom stereocenters.